The summed E-state index contributed by atoms with van der Waals surface area (Å²) in [5, 5.41) is 95.9. The second-order valence-electron chi connectivity index (χ2n) is 10.5. The van der Waals surface area contributed by atoms with Gasteiger partial charge in [-0.2, -0.15) is 0 Å². The Bertz CT molecular complexity index is 903. The molecule has 3 saturated heterocycles. The first-order valence-corrected chi connectivity index (χ1v) is 13.6. The minimum absolute atomic E-state index is 0.0231. The summed E-state index contributed by atoms with van der Waals surface area (Å²) in [7, 11) is 0. The molecule has 21 heteroatoms. The first kappa shape index (κ1) is 38.4. The van der Waals surface area contributed by atoms with Gasteiger partial charge in [0.05, 0.1) is 37.9 Å². The van der Waals surface area contributed by atoms with Gasteiger partial charge in [0.25, 0.3) is 0 Å². The van der Waals surface area contributed by atoms with Crippen molar-refractivity contribution in [2.45, 2.75) is 111 Å². The average molecular weight is 649 g/mol. The van der Waals surface area contributed by atoms with Crippen molar-refractivity contribution in [1.82, 2.24) is 0 Å². The Balaban J connectivity index is 0.000000580. The maximum atomic E-state index is 10.8. The van der Waals surface area contributed by atoms with Crippen LogP contribution >= 0.6 is 0 Å². The highest BCUT2D eigenvalue weighted by atomic mass is 16.7. The first-order chi connectivity index (χ1) is 20.6. The van der Waals surface area contributed by atoms with Crippen LogP contribution in [0.1, 0.15) is 12.8 Å². The van der Waals surface area contributed by atoms with Crippen molar-refractivity contribution in [3.05, 3.63) is 0 Å². The maximum absolute atomic E-state index is 10.8. The summed E-state index contributed by atoms with van der Waals surface area (Å²) >= 11 is 0. The van der Waals surface area contributed by atoms with E-state index >= 15 is 0 Å². The van der Waals surface area contributed by atoms with Gasteiger partial charge >= 0.3 is 11.9 Å². The van der Waals surface area contributed by atoms with Crippen LogP contribution in [0, 0.1) is 0 Å². The standard InChI is InChI=1S/C18H35N3O13.C5H9NO4/c19-7-12(27)14(5(2-23)30-16(7)29)33-18-9(21)13(28)15(6(3-24)32-18)34-17-8(20)11(26)10(25)4(1-22)31-17;6-3(5(9)10)1-2-4(7)8/h4-18,22-29H,1-3,19-21H2;3H,1-2,6H2,(H,7,8)(H,9,10)/t4-,5-,6-,7-,8-,9-,10-,11-,12-,13-,14-,15-,16-,17+,18+;/m1./s1. The van der Waals surface area contributed by atoms with Crippen molar-refractivity contribution in [2.24, 2.45) is 22.9 Å². The number of aliphatic hydroxyl groups is 8. The molecule has 44 heavy (non-hydrogen) atoms. The molecule has 0 amide bonds. The van der Waals surface area contributed by atoms with Crippen LogP contribution in [-0.2, 0) is 33.3 Å². The summed E-state index contributed by atoms with van der Waals surface area (Å²) in [5.74, 6) is -2.20. The Hall–Kier alpha value is -1.74. The summed E-state index contributed by atoms with van der Waals surface area (Å²) in [4.78, 5) is 19.9. The fraction of sp³-hybridized carbons (Fsp3) is 0.913. The van der Waals surface area contributed by atoms with Crippen molar-refractivity contribution in [1.29, 1.82) is 0 Å². The van der Waals surface area contributed by atoms with E-state index in [2.05, 4.69) is 0 Å². The molecule has 3 aliphatic rings. The van der Waals surface area contributed by atoms with E-state index in [0.717, 1.165) is 0 Å². The van der Waals surface area contributed by atoms with Crippen molar-refractivity contribution in [3.8, 4) is 0 Å². The zero-order chi connectivity index (χ0) is 33.5. The Kier molecular flexibility index (Phi) is 15.1. The molecule has 0 aliphatic carbocycles. The lowest BCUT2D eigenvalue weighted by atomic mass is 9.94. The van der Waals surface area contributed by atoms with E-state index in [1.54, 1.807) is 0 Å². The van der Waals surface area contributed by atoms with Crippen LogP contribution in [-0.4, -0.2) is 181 Å². The van der Waals surface area contributed by atoms with E-state index < -0.39 is 130 Å². The second kappa shape index (κ2) is 17.3. The molecule has 21 nitrogen and oxygen atoms in total. The molecule has 0 aromatic rings. The number of nitrogens with two attached hydrogens (primary N) is 4. The lowest BCUT2D eigenvalue weighted by Gasteiger charge is -2.48. The molecule has 3 heterocycles. The van der Waals surface area contributed by atoms with Crippen molar-refractivity contribution >= 4 is 11.9 Å². The largest absolute Gasteiger partial charge is 0.481 e. The van der Waals surface area contributed by atoms with Crippen molar-refractivity contribution in [3.63, 3.8) is 0 Å². The minimum atomic E-state index is -1.56. The fourth-order valence-electron chi connectivity index (χ4n) is 4.59. The highest BCUT2D eigenvalue weighted by molar-refractivity contribution is 5.74. The van der Waals surface area contributed by atoms with Crippen LogP contribution in [0.15, 0.2) is 0 Å². The van der Waals surface area contributed by atoms with Crippen LogP contribution in [0.3, 0.4) is 0 Å². The van der Waals surface area contributed by atoms with Crippen LogP contribution in [0.25, 0.3) is 0 Å². The molecule has 3 rings (SSSR count). The van der Waals surface area contributed by atoms with E-state index in [-0.39, 0.29) is 12.8 Å². The minimum Gasteiger partial charge on any atom is -0.481 e. The number of carbonyl (C=O) groups is 2. The molecule has 258 valence electrons. The predicted molar refractivity (Wildman–Crippen MR) is 140 cm³/mol. The first-order valence-electron chi connectivity index (χ1n) is 13.6. The van der Waals surface area contributed by atoms with Crippen LogP contribution in [0.4, 0.5) is 0 Å². The van der Waals surface area contributed by atoms with Gasteiger partial charge in [-0.05, 0) is 6.42 Å². The van der Waals surface area contributed by atoms with Gasteiger partial charge in [-0.25, -0.2) is 0 Å². The quantitative estimate of drug-likeness (QED) is 0.0988. The van der Waals surface area contributed by atoms with Crippen LogP contribution < -0.4 is 22.9 Å². The van der Waals surface area contributed by atoms with Crippen molar-refractivity contribution < 1.29 is 84.3 Å². The topological polar surface area (TPSA) is 387 Å². The van der Waals surface area contributed by atoms with Gasteiger partial charge in [0.2, 0.25) is 0 Å². The van der Waals surface area contributed by atoms with Gasteiger partial charge < -0.3 is 97.7 Å². The molecule has 0 aromatic carbocycles. The van der Waals surface area contributed by atoms with E-state index in [1.807, 2.05) is 0 Å². The normalized spacial score (nSPS) is 43.4. The number of aliphatic carboxylic acids is 2. The Labute approximate surface area is 250 Å². The van der Waals surface area contributed by atoms with Gasteiger partial charge in [0.1, 0.15) is 61.0 Å². The molecule has 0 radical (unpaired) electrons. The highest BCUT2D eigenvalue weighted by Gasteiger charge is 2.52. The number of carboxylic acid groups (broad SMARTS) is 2. The van der Waals surface area contributed by atoms with Gasteiger partial charge in [0, 0.05) is 6.42 Å². The van der Waals surface area contributed by atoms with E-state index in [1.165, 1.54) is 0 Å². The number of aliphatic hydroxyl groups excluding tert-OH is 8. The van der Waals surface area contributed by atoms with Crippen LogP contribution in [0.5, 0.6) is 0 Å². The molecule has 3 aliphatic heterocycles. The van der Waals surface area contributed by atoms with Crippen LogP contribution in [0.2, 0.25) is 0 Å². The number of hydrogen-bond acceptors (Lipinski definition) is 19. The summed E-state index contributed by atoms with van der Waals surface area (Å²) < 4.78 is 27.4. The monoisotopic (exact) mass is 648 g/mol. The number of rotatable bonds is 11. The lowest BCUT2D eigenvalue weighted by Crippen LogP contribution is -2.69. The van der Waals surface area contributed by atoms with Gasteiger partial charge in [-0.1, -0.05) is 0 Å². The molecule has 1 unspecified atom stereocenters. The molecular weight excluding hydrogens is 604 g/mol. The number of ether oxygens (including phenoxy) is 5. The summed E-state index contributed by atoms with van der Waals surface area (Å²) in [6, 6.07) is -4.93. The Morgan fingerprint density at radius 3 is 1.55 bits per heavy atom. The van der Waals surface area contributed by atoms with E-state index in [4.69, 9.17) is 56.8 Å². The zero-order valence-electron chi connectivity index (χ0n) is 23.4. The zero-order valence-corrected chi connectivity index (χ0v) is 23.4. The molecule has 0 bridgehead atoms. The van der Waals surface area contributed by atoms with Gasteiger partial charge in [-0.15, -0.1) is 0 Å². The Morgan fingerprint density at radius 1 is 0.659 bits per heavy atom. The van der Waals surface area contributed by atoms with Gasteiger partial charge in [-0.3, -0.25) is 9.59 Å². The lowest BCUT2D eigenvalue weighted by molar-refractivity contribution is -0.348. The summed E-state index contributed by atoms with van der Waals surface area (Å²) in [6.45, 7) is -2.00. The predicted octanol–water partition coefficient (Wildman–Crippen LogP) is -8.41. The molecule has 0 saturated carbocycles. The molecule has 16 atom stereocenters. The third-order valence-electron chi connectivity index (χ3n) is 7.32. The second-order valence-corrected chi connectivity index (χ2v) is 10.5. The van der Waals surface area contributed by atoms with E-state index in [0.29, 0.717) is 0 Å². The maximum Gasteiger partial charge on any atom is 0.320 e. The summed E-state index contributed by atoms with van der Waals surface area (Å²) in [6.07, 6.45) is -17.0. The average Bonchev–Trinajstić information content (AvgIpc) is 2.99. The molecular formula is C23H44N4O17. The molecule has 3 fully saturated rings. The SMILES string of the molecule is NC(CCC(=O)O)C(=O)O.N[C@@H]1[C@@H](O)[C@H](O[C@@H]2O[C@H](CO)[C@@H](O[C@@H]3O[C@H](CO)[C@@H](O)[C@H](O)[C@H]3N)[C@H](O)[C@H]2N)[C@@H](CO)O[C@H]1O. The number of carboxylic acids is 2. The smallest absolute Gasteiger partial charge is 0.320 e. The fourth-order valence-corrected chi connectivity index (χ4v) is 4.59. The number of hydrogen-bond donors (Lipinski definition) is 14. The molecule has 0 aromatic heterocycles. The highest BCUT2D eigenvalue weighted by Crippen LogP contribution is 2.31. The van der Waals surface area contributed by atoms with E-state index in [9.17, 15) is 50.4 Å². The summed E-state index contributed by atoms with van der Waals surface area (Å²) in [5.41, 5.74) is 22.6. The third kappa shape index (κ3) is 9.40. The molecule has 18 N–H and O–H groups in total. The van der Waals surface area contributed by atoms with Crippen molar-refractivity contribution in [2.75, 3.05) is 19.8 Å². The Morgan fingerprint density at radius 2 is 1.09 bits per heavy atom. The van der Waals surface area contributed by atoms with Gasteiger partial charge in [0.15, 0.2) is 18.9 Å². The molecule has 0 spiro atoms. The third-order valence-corrected chi connectivity index (χ3v) is 7.32.